The zero-order chi connectivity index (χ0) is 85.3. The molecular weight excluding hydrogens is 1640 g/mol. The lowest BCUT2D eigenvalue weighted by Crippen LogP contribution is -2.41. The number of rotatable bonds is 10. The van der Waals surface area contributed by atoms with Crippen LogP contribution < -0.4 is 5.46 Å². The van der Waals surface area contributed by atoms with Gasteiger partial charge in [0.2, 0.25) is 0 Å². The van der Waals surface area contributed by atoms with Gasteiger partial charge >= 0.3 is 7.12 Å². The summed E-state index contributed by atoms with van der Waals surface area (Å²) in [6.45, 7) is 8.45. The van der Waals surface area contributed by atoms with E-state index in [0.717, 1.165) is 88.6 Å². The summed E-state index contributed by atoms with van der Waals surface area (Å²) in [7, 11) is -0.471. The molecule has 2 aliphatic carbocycles. The number of benzene rings is 16. The highest BCUT2D eigenvalue weighted by Crippen LogP contribution is 2.66. The van der Waals surface area contributed by atoms with Crippen LogP contribution in [0.4, 0.5) is 0 Å². The average molecular weight is 1720 g/mol. The van der Waals surface area contributed by atoms with Gasteiger partial charge in [-0.05, 0) is 194 Å². The van der Waals surface area contributed by atoms with E-state index in [9.17, 15) is 10.5 Å². The molecule has 8 nitrogen and oxygen atoms in total. The second-order valence-electron chi connectivity index (χ2n) is 33.1. The summed E-state index contributed by atoms with van der Waals surface area (Å²) in [5.41, 5.74) is 32.4. The van der Waals surface area contributed by atoms with Crippen molar-refractivity contribution in [3.63, 3.8) is 0 Å². The summed E-state index contributed by atoms with van der Waals surface area (Å²) < 4.78 is 14.3. The molecule has 2 spiro atoms. The minimum absolute atomic E-state index is 0.438. The molecule has 18 aromatic rings. The molecule has 1 fully saturated rings. The number of aromatic nitrogens is 4. The van der Waals surface area contributed by atoms with Gasteiger partial charge in [0.05, 0.1) is 68.1 Å². The van der Waals surface area contributed by atoms with Crippen LogP contribution in [0.5, 0.6) is 0 Å². The van der Waals surface area contributed by atoms with Crippen LogP contribution in [0.25, 0.3) is 123 Å². The molecule has 126 heavy (non-hydrogen) atoms. The van der Waals surface area contributed by atoms with Gasteiger partial charge in [0.1, 0.15) is 0 Å². The Labute approximate surface area is 751 Å². The summed E-state index contributed by atoms with van der Waals surface area (Å²) in [6, 6.07) is 145. The monoisotopic (exact) mass is 1720 g/mol. The van der Waals surface area contributed by atoms with Crippen LogP contribution in [-0.4, -0.2) is 38.3 Å². The molecule has 1 saturated heterocycles. The van der Waals surface area contributed by atoms with Gasteiger partial charge in [-0.25, -0.2) is 19.9 Å². The first-order valence-corrected chi connectivity index (χ1v) is 44.7. The van der Waals surface area contributed by atoms with E-state index in [-0.39, 0.29) is 0 Å². The maximum atomic E-state index is 9.54. The zero-order valence-electron chi connectivity index (χ0n) is 69.4. The lowest BCUT2D eigenvalue weighted by Gasteiger charge is -2.40. The Balaban J connectivity index is 0.000000125. The lowest BCUT2D eigenvalue weighted by molar-refractivity contribution is 0.00578. The molecule has 0 radical (unpaired) electrons. The predicted molar refractivity (Wildman–Crippen MR) is 515 cm³/mol. The van der Waals surface area contributed by atoms with Crippen LogP contribution in [0.15, 0.2) is 424 Å². The molecule has 2 atom stereocenters. The highest BCUT2D eigenvalue weighted by Gasteiger charge is 2.57. The third-order valence-corrected chi connectivity index (χ3v) is 28.4. The molecule has 0 saturated carbocycles. The zero-order valence-corrected chi connectivity index (χ0v) is 72.6. The smallest absolute Gasteiger partial charge is 0.399 e. The minimum Gasteiger partial charge on any atom is -0.399 e. The number of halogens is 1. The molecule has 0 bridgehead atoms. The van der Waals surface area contributed by atoms with Crippen molar-refractivity contribution in [2.24, 2.45) is 0 Å². The predicted octanol–water partition coefficient (Wildman–Crippen LogP) is 28.1. The maximum absolute atomic E-state index is 9.54. The summed E-state index contributed by atoms with van der Waals surface area (Å²) in [6.07, 6.45) is 0. The average Bonchev–Trinajstić information content (AvgIpc) is 1.50. The fourth-order valence-corrected chi connectivity index (χ4v) is 21.8. The second kappa shape index (κ2) is 32.5. The first-order valence-electron chi connectivity index (χ1n) is 42.3. The van der Waals surface area contributed by atoms with Crippen molar-refractivity contribution < 1.29 is 9.31 Å². The molecule has 3 aliphatic heterocycles. The van der Waals surface area contributed by atoms with E-state index < -0.39 is 29.2 Å². The van der Waals surface area contributed by atoms with E-state index >= 15 is 0 Å². The van der Waals surface area contributed by atoms with E-state index in [2.05, 4.69) is 329 Å². The Kier molecular flexibility index (Phi) is 20.4. The van der Waals surface area contributed by atoms with Crippen LogP contribution in [0.2, 0.25) is 0 Å². The molecule has 23 rings (SSSR count). The van der Waals surface area contributed by atoms with Crippen molar-refractivity contribution in [1.82, 2.24) is 19.9 Å². The Morgan fingerprint density at radius 3 is 0.992 bits per heavy atom. The number of fused-ring (bicyclic) bond motifs is 18. The number of hydrogen-bond donors (Lipinski definition) is 0. The van der Waals surface area contributed by atoms with Crippen molar-refractivity contribution in [3.8, 4) is 136 Å². The van der Waals surface area contributed by atoms with Gasteiger partial charge in [-0.2, -0.15) is 10.5 Å². The van der Waals surface area contributed by atoms with Crippen molar-refractivity contribution in [3.05, 3.63) is 460 Å². The highest BCUT2D eigenvalue weighted by atomic mass is 79.9. The highest BCUT2D eigenvalue weighted by molar-refractivity contribution is 9.10. The van der Waals surface area contributed by atoms with Gasteiger partial charge in [-0.3, -0.25) is 0 Å². The first kappa shape index (κ1) is 79.0. The standard InChI is InChI=1S/C54H33N3S.C38H30BNO2S.C22H15BrN2/c55-34-35-25-27-37(28-26-35)42-19-12-23-47-52(42)58-50-24-10-9-21-45(50)54(47)44-20-8-7-17-43(44)51-41(18-11-22-46(51)54)36-29-31-40(32-30-36)53-56-48(38-13-3-1-4-14-38)33-49(57-53)39-15-5-2-6-16-39;1-36(2)37(3,4)42-39(41-36)32-17-10-15-30-34(32)27-11-5-6-13-28(27)38(30)29-14-7-8-18-33(29)43-35-26(12-9-16-31(35)38)25-21-19-24(23-40)20-22-25;23-19-13-11-18(12-14-19)22-24-20(16-7-3-1-4-8-16)15-21(25-22)17-9-5-2-6-10-17/h1-33H;5-22H,1-4H3;1-15H. The van der Waals surface area contributed by atoms with Gasteiger partial charge in [0.25, 0.3) is 0 Å². The van der Waals surface area contributed by atoms with Crippen molar-refractivity contribution in [2.45, 2.75) is 69.3 Å². The Hall–Kier alpha value is -14.2. The van der Waals surface area contributed by atoms with Gasteiger partial charge in [-0.15, -0.1) is 0 Å². The SMILES string of the molecule is Brc1ccc(-c2nc(-c3ccccc3)cc(-c3ccccc3)n2)cc1.CC1(C)OB(c2cccc3c2-c2ccccc2C32c3ccccc3Sc3c(-c4ccc(C#N)cc4)cccc32)OC1(C)C.N#Cc1ccc(-c2cccc3c2Sc2ccccc2C32c3ccccc3-c3c(-c4ccc(-c5nc(-c6ccccc6)cc(-c6ccccc6)n5)cc4)cccc32)cc1. The molecule has 2 aromatic heterocycles. The van der Waals surface area contributed by atoms with Gasteiger partial charge in [0.15, 0.2) is 11.6 Å². The molecule has 2 unspecified atom stereocenters. The van der Waals surface area contributed by atoms with E-state index in [0.29, 0.717) is 17.0 Å². The fourth-order valence-electron chi connectivity index (χ4n) is 18.9. The van der Waals surface area contributed by atoms with Crippen molar-refractivity contribution in [2.75, 3.05) is 0 Å². The molecule has 0 N–H and O–H groups in total. The van der Waals surface area contributed by atoms with E-state index in [1.54, 1.807) is 0 Å². The third kappa shape index (κ3) is 13.6. The van der Waals surface area contributed by atoms with Crippen LogP contribution in [0, 0.1) is 22.7 Å². The molecule has 598 valence electrons. The minimum atomic E-state index is -0.527. The molecular formula is C114H78BBrN6O2S2. The van der Waals surface area contributed by atoms with Gasteiger partial charge in [0, 0.05) is 57.4 Å². The number of nitrogens with zero attached hydrogens (tertiary/aromatic N) is 6. The van der Waals surface area contributed by atoms with Crippen LogP contribution in [0.1, 0.15) is 83.3 Å². The van der Waals surface area contributed by atoms with Crippen molar-refractivity contribution >= 4 is 52.0 Å². The second-order valence-corrected chi connectivity index (χ2v) is 36.1. The summed E-state index contributed by atoms with van der Waals surface area (Å²) in [4.78, 5) is 24.8. The third-order valence-electron chi connectivity index (χ3n) is 25.5. The van der Waals surface area contributed by atoms with Crippen molar-refractivity contribution in [1.29, 1.82) is 10.5 Å². The lowest BCUT2D eigenvalue weighted by atomic mass is 9.66. The van der Waals surface area contributed by atoms with Crippen LogP contribution in [0.3, 0.4) is 0 Å². The van der Waals surface area contributed by atoms with Crippen LogP contribution >= 0.6 is 39.5 Å². The molecule has 5 aliphatic rings. The molecule has 5 heterocycles. The van der Waals surface area contributed by atoms with Gasteiger partial charge in [-0.1, -0.05) is 379 Å². The molecule has 12 heteroatoms. The van der Waals surface area contributed by atoms with E-state index in [4.69, 9.17) is 29.2 Å². The fraction of sp³-hybridized carbons (Fsp3) is 0.0702. The molecule has 0 amide bonds. The first-order chi connectivity index (χ1) is 61.8. The largest absolute Gasteiger partial charge is 0.495 e. The molecule has 16 aromatic carbocycles. The maximum Gasteiger partial charge on any atom is 0.495 e. The normalized spacial score (nSPS) is 15.7. The topological polar surface area (TPSA) is 118 Å². The number of hydrogen-bond acceptors (Lipinski definition) is 10. The number of nitriles is 2. The van der Waals surface area contributed by atoms with Gasteiger partial charge < -0.3 is 9.31 Å². The Bertz CT molecular complexity index is 7240. The van der Waals surface area contributed by atoms with E-state index in [1.165, 1.54) is 103 Å². The van der Waals surface area contributed by atoms with Crippen LogP contribution in [-0.2, 0) is 20.1 Å². The Morgan fingerprint density at radius 1 is 0.278 bits per heavy atom. The van der Waals surface area contributed by atoms with E-state index in [1.807, 2.05) is 151 Å². The quantitative estimate of drug-likeness (QED) is 0.123. The summed E-state index contributed by atoms with van der Waals surface area (Å²) in [5.74, 6) is 1.42. The summed E-state index contributed by atoms with van der Waals surface area (Å²) >= 11 is 7.16. The Morgan fingerprint density at radius 2 is 0.579 bits per heavy atom. The summed E-state index contributed by atoms with van der Waals surface area (Å²) in [5, 5.41) is 18.9.